The number of nitrogens with zero attached hydrogens (tertiary/aromatic N) is 2. The van der Waals surface area contributed by atoms with Gasteiger partial charge in [-0.2, -0.15) is 4.57 Å². The number of allylic oxidation sites excluding steroid dienone is 1. The van der Waals surface area contributed by atoms with Crippen LogP contribution >= 0.6 is 0 Å². The van der Waals surface area contributed by atoms with Crippen LogP contribution < -0.4 is 9.92 Å². The lowest BCUT2D eigenvalue weighted by molar-refractivity contribution is -0.704. The van der Waals surface area contributed by atoms with E-state index >= 15 is 0 Å². The van der Waals surface area contributed by atoms with Crippen LogP contribution in [0.2, 0.25) is 0 Å². The first-order valence-electron chi connectivity index (χ1n) is 14.1. The fraction of sp³-hybridized carbons (Fsp3) is 0.303. The maximum absolute atomic E-state index is 9.75. The maximum Gasteiger partial charge on any atom is 0.673 e. The second-order valence-corrected chi connectivity index (χ2v) is 10.3. The monoisotopic (exact) mass is 548 g/mol. The van der Waals surface area contributed by atoms with E-state index in [2.05, 4.69) is 116 Å². The van der Waals surface area contributed by atoms with Crippen LogP contribution in [0.3, 0.4) is 0 Å². The summed E-state index contributed by atoms with van der Waals surface area (Å²) >= 11 is 0. The summed E-state index contributed by atoms with van der Waals surface area (Å²) in [5, 5.41) is 5.37. The molecule has 0 radical (unpaired) electrons. The Balaban J connectivity index is 0.000000681. The van der Waals surface area contributed by atoms with E-state index in [0.29, 0.717) is 0 Å². The van der Waals surface area contributed by atoms with Gasteiger partial charge in [-0.1, -0.05) is 81.3 Å². The third-order valence-corrected chi connectivity index (χ3v) is 7.52. The molecule has 0 fully saturated rings. The minimum absolute atomic E-state index is 1.05. The van der Waals surface area contributed by atoms with Gasteiger partial charge in [-0.25, -0.2) is 0 Å². The van der Waals surface area contributed by atoms with Gasteiger partial charge in [0.2, 0.25) is 0 Å². The van der Waals surface area contributed by atoms with E-state index in [4.69, 9.17) is 0 Å². The second kappa shape index (κ2) is 12.7. The van der Waals surface area contributed by atoms with Gasteiger partial charge in [-0.3, -0.25) is 0 Å². The molecule has 40 heavy (non-hydrogen) atoms. The number of fused-ring (bicyclic) bond motifs is 1. The van der Waals surface area contributed by atoms with Crippen molar-refractivity contribution in [1.29, 1.82) is 0 Å². The Morgan fingerprint density at radius 2 is 1.40 bits per heavy atom. The molecule has 0 unspecified atom stereocenters. The fourth-order valence-corrected chi connectivity index (χ4v) is 5.55. The molecule has 5 rings (SSSR count). The van der Waals surface area contributed by atoms with E-state index < -0.39 is 7.25 Å². The third-order valence-electron chi connectivity index (χ3n) is 7.52. The first kappa shape index (κ1) is 29.4. The highest BCUT2D eigenvalue weighted by molar-refractivity contribution is 6.50. The van der Waals surface area contributed by atoms with Gasteiger partial charge in [0.25, 0.3) is 0 Å². The van der Waals surface area contributed by atoms with Crippen molar-refractivity contribution in [3.05, 3.63) is 89.0 Å². The number of unbranched alkanes of at least 4 members (excludes halogenated alkanes) is 2. The summed E-state index contributed by atoms with van der Waals surface area (Å²) in [6.45, 7) is 11.2. The Bertz CT molecular complexity index is 1600. The van der Waals surface area contributed by atoms with Crippen LogP contribution in [0, 0.1) is 13.8 Å². The van der Waals surface area contributed by atoms with Crippen molar-refractivity contribution in [2.75, 3.05) is 0 Å². The van der Waals surface area contributed by atoms with Gasteiger partial charge >= 0.3 is 7.25 Å². The molecule has 0 N–H and O–H groups in total. The summed E-state index contributed by atoms with van der Waals surface area (Å²) in [6.07, 6.45) is 11.6. The first-order valence-corrected chi connectivity index (χ1v) is 14.1. The van der Waals surface area contributed by atoms with Crippen LogP contribution in [0.15, 0.2) is 66.7 Å². The van der Waals surface area contributed by atoms with Crippen molar-refractivity contribution < 1.29 is 21.8 Å². The van der Waals surface area contributed by atoms with Crippen LogP contribution in [0.25, 0.3) is 45.0 Å². The van der Waals surface area contributed by atoms with Gasteiger partial charge in [-0.15, -0.1) is 0 Å². The highest BCUT2D eigenvalue weighted by Crippen LogP contribution is 2.28. The molecule has 2 heterocycles. The second-order valence-electron chi connectivity index (χ2n) is 10.3. The molecular formula is C33H37BF4N2. The Morgan fingerprint density at radius 3 is 2.00 bits per heavy atom. The number of aromatic nitrogens is 2. The molecule has 1 aliphatic carbocycles. The molecular weight excluding hydrogens is 511 g/mol. The molecule has 3 aromatic rings. The molecule has 0 spiro atoms. The van der Waals surface area contributed by atoms with E-state index in [1.807, 2.05) is 0 Å². The molecule has 7 heteroatoms. The number of hydrogen-bond acceptors (Lipinski definition) is 0. The number of rotatable bonds is 8. The quantitative estimate of drug-likeness (QED) is 0.104. The van der Waals surface area contributed by atoms with Crippen molar-refractivity contribution in [2.24, 2.45) is 0 Å². The van der Waals surface area contributed by atoms with Crippen molar-refractivity contribution in [1.82, 2.24) is 4.57 Å². The fourth-order valence-electron chi connectivity index (χ4n) is 5.55. The average molecular weight is 548 g/mol. The van der Waals surface area contributed by atoms with Crippen molar-refractivity contribution >= 4 is 41.1 Å². The average Bonchev–Trinajstić information content (AvgIpc) is 3.20. The topological polar surface area (TPSA) is 8.81 Å². The molecule has 0 bridgehead atoms. The summed E-state index contributed by atoms with van der Waals surface area (Å²) in [7, 11) is -6.00. The van der Waals surface area contributed by atoms with E-state index in [-0.39, 0.29) is 0 Å². The Hall–Kier alpha value is -3.61. The minimum Gasteiger partial charge on any atom is -0.418 e. The lowest BCUT2D eigenvalue weighted by Crippen LogP contribution is -2.37. The normalized spacial score (nSPS) is 12.7. The number of aryl methyl sites for hydroxylation is 1. The molecule has 2 nitrogen and oxygen atoms in total. The number of hydrogen-bond donors (Lipinski definition) is 0. The molecule has 0 saturated carbocycles. The molecule has 1 aromatic heterocycles. The van der Waals surface area contributed by atoms with E-state index in [0.717, 1.165) is 13.1 Å². The lowest BCUT2D eigenvalue weighted by Gasteiger charge is -2.05. The zero-order chi connectivity index (χ0) is 28.9. The van der Waals surface area contributed by atoms with Gasteiger partial charge < -0.3 is 21.8 Å². The Labute approximate surface area is 234 Å². The Morgan fingerprint density at radius 1 is 0.800 bits per heavy atom. The van der Waals surface area contributed by atoms with Crippen LogP contribution in [0.5, 0.6) is 0 Å². The highest BCUT2D eigenvalue weighted by Gasteiger charge is 2.24. The van der Waals surface area contributed by atoms with Gasteiger partial charge in [0.05, 0.1) is 11.1 Å². The third kappa shape index (κ3) is 6.57. The SMILES string of the molecule is CCCCn1/c(=C\C=C\c2ccc3c(C)[n+](CCCC)c(C)c-3cc2)c2cccc3cccc1c32.F[B-](F)(F)F. The van der Waals surface area contributed by atoms with Gasteiger partial charge in [0, 0.05) is 48.5 Å². The van der Waals surface area contributed by atoms with E-state index in [1.54, 1.807) is 0 Å². The molecule has 2 aromatic carbocycles. The minimum atomic E-state index is -6.00. The smallest absolute Gasteiger partial charge is 0.418 e. The molecule has 0 atom stereocenters. The standard InChI is InChI=1S/C33H37N2.BF4/c1-5-7-22-34-24(3)28-20-18-26(19-21-29(28)25(34)4)12-9-16-31-30-15-10-13-27-14-11-17-32(33(27)30)35(31)23-8-6-2;2-1(3,4)5/h9-21H,5-8,22-23H2,1-4H3;/q+1;-1. The maximum atomic E-state index is 9.75. The first-order chi connectivity index (χ1) is 19.1. The lowest BCUT2D eigenvalue weighted by atomic mass is 10.1. The largest absolute Gasteiger partial charge is 0.673 e. The van der Waals surface area contributed by atoms with Gasteiger partial charge in [0.15, 0.2) is 11.4 Å². The summed E-state index contributed by atoms with van der Waals surface area (Å²) in [6, 6.07) is 22.5. The van der Waals surface area contributed by atoms with Crippen LogP contribution in [0.4, 0.5) is 17.3 Å². The van der Waals surface area contributed by atoms with Crippen LogP contribution in [-0.2, 0) is 13.1 Å². The summed E-state index contributed by atoms with van der Waals surface area (Å²) < 4.78 is 44.0. The van der Waals surface area contributed by atoms with Crippen LogP contribution in [-0.4, -0.2) is 11.8 Å². The van der Waals surface area contributed by atoms with E-state index in [1.165, 1.54) is 80.8 Å². The zero-order valence-electron chi connectivity index (χ0n) is 23.7. The van der Waals surface area contributed by atoms with Crippen LogP contribution in [0.1, 0.15) is 56.5 Å². The van der Waals surface area contributed by atoms with Gasteiger partial charge in [0.1, 0.15) is 6.54 Å². The number of benzene rings is 2. The molecule has 210 valence electrons. The molecule has 1 aliphatic heterocycles. The van der Waals surface area contributed by atoms with Crippen molar-refractivity contribution in [2.45, 2.75) is 66.5 Å². The summed E-state index contributed by atoms with van der Waals surface area (Å²) in [5.74, 6) is 0. The van der Waals surface area contributed by atoms with Gasteiger partial charge in [-0.05, 0) is 41.6 Å². The predicted octanol–water partition coefficient (Wildman–Crippen LogP) is 8.92. The van der Waals surface area contributed by atoms with Crippen molar-refractivity contribution in [3.63, 3.8) is 0 Å². The van der Waals surface area contributed by atoms with E-state index in [9.17, 15) is 17.3 Å². The molecule has 0 amide bonds. The predicted molar refractivity (Wildman–Crippen MR) is 161 cm³/mol. The molecule has 0 saturated heterocycles. The highest BCUT2D eigenvalue weighted by atomic mass is 19.5. The summed E-state index contributed by atoms with van der Waals surface area (Å²) in [4.78, 5) is 0. The van der Waals surface area contributed by atoms with Crippen molar-refractivity contribution in [3.8, 4) is 11.1 Å². The number of halogens is 4. The Kier molecular flexibility index (Phi) is 9.34. The molecule has 2 aliphatic rings. The zero-order valence-corrected chi connectivity index (χ0v) is 23.7. The summed E-state index contributed by atoms with van der Waals surface area (Å²) in [5.41, 5.74) is 8.05.